The number of thiophene rings is 1. The summed E-state index contributed by atoms with van der Waals surface area (Å²) in [4.78, 5) is 0. The van der Waals surface area contributed by atoms with Gasteiger partial charge in [-0.1, -0.05) is 0 Å². The van der Waals surface area contributed by atoms with Gasteiger partial charge in [0.25, 0.3) is 0 Å². The van der Waals surface area contributed by atoms with Gasteiger partial charge in [0.1, 0.15) is 5.75 Å². The first-order valence-electron chi connectivity index (χ1n) is 3.70. The van der Waals surface area contributed by atoms with Crippen molar-refractivity contribution >= 4 is 21.4 Å². The highest BCUT2D eigenvalue weighted by molar-refractivity contribution is 7.17. The summed E-state index contributed by atoms with van der Waals surface area (Å²) in [5.41, 5.74) is 6.45. The van der Waals surface area contributed by atoms with Crippen molar-refractivity contribution in [2.45, 2.75) is 6.54 Å². The summed E-state index contributed by atoms with van der Waals surface area (Å²) in [5, 5.41) is 12.4. The number of fused-ring (bicyclic) bond motifs is 1. The molecule has 1 heterocycles. The van der Waals surface area contributed by atoms with E-state index in [-0.39, 0.29) is 0 Å². The van der Waals surface area contributed by atoms with Crippen LogP contribution in [0.25, 0.3) is 10.1 Å². The number of hydrogen-bond acceptors (Lipinski definition) is 3. The van der Waals surface area contributed by atoms with Crippen LogP contribution in [0.4, 0.5) is 0 Å². The number of benzene rings is 1. The van der Waals surface area contributed by atoms with Gasteiger partial charge in [-0.05, 0) is 29.1 Å². The van der Waals surface area contributed by atoms with Crippen molar-refractivity contribution in [3.63, 3.8) is 0 Å². The lowest BCUT2D eigenvalue weighted by atomic mass is 10.1. The summed E-state index contributed by atoms with van der Waals surface area (Å²) >= 11 is 1.62. The predicted octanol–water partition coefficient (Wildman–Crippen LogP) is 2.07. The molecule has 1 aromatic heterocycles. The molecule has 0 aliphatic carbocycles. The van der Waals surface area contributed by atoms with Crippen molar-refractivity contribution in [2.75, 3.05) is 0 Å². The SMILES string of the molecule is NCc1cc(O)c2ccsc2c1. The monoisotopic (exact) mass is 179 g/mol. The van der Waals surface area contributed by atoms with Crippen LogP contribution in [0.3, 0.4) is 0 Å². The van der Waals surface area contributed by atoms with Gasteiger partial charge in [0.2, 0.25) is 0 Å². The molecule has 0 unspecified atom stereocenters. The van der Waals surface area contributed by atoms with Crippen LogP contribution in [0.1, 0.15) is 5.56 Å². The summed E-state index contributed by atoms with van der Waals surface area (Å²) in [5.74, 6) is 0.328. The molecule has 0 bridgehead atoms. The largest absolute Gasteiger partial charge is 0.507 e. The molecule has 0 saturated carbocycles. The Bertz CT molecular complexity index is 408. The molecule has 12 heavy (non-hydrogen) atoms. The molecule has 2 nitrogen and oxygen atoms in total. The van der Waals surface area contributed by atoms with Crippen molar-refractivity contribution in [2.24, 2.45) is 5.73 Å². The normalized spacial score (nSPS) is 10.8. The first kappa shape index (κ1) is 7.58. The van der Waals surface area contributed by atoms with E-state index in [4.69, 9.17) is 5.73 Å². The van der Waals surface area contributed by atoms with E-state index in [1.807, 2.05) is 17.5 Å². The topological polar surface area (TPSA) is 46.2 Å². The molecular weight excluding hydrogens is 170 g/mol. The standard InChI is InChI=1S/C9H9NOS/c10-5-6-3-8(11)7-1-2-12-9(7)4-6/h1-4,11H,5,10H2. The summed E-state index contributed by atoms with van der Waals surface area (Å²) in [6.07, 6.45) is 0. The molecule has 0 saturated heterocycles. The molecule has 3 heteroatoms. The highest BCUT2D eigenvalue weighted by Gasteiger charge is 2.02. The molecule has 0 fully saturated rings. The molecule has 1 aromatic carbocycles. The van der Waals surface area contributed by atoms with Crippen LogP contribution < -0.4 is 5.73 Å². The highest BCUT2D eigenvalue weighted by atomic mass is 32.1. The average molecular weight is 179 g/mol. The number of phenols is 1. The third-order valence-electron chi connectivity index (χ3n) is 1.85. The smallest absolute Gasteiger partial charge is 0.124 e. The molecule has 0 radical (unpaired) electrons. The van der Waals surface area contributed by atoms with E-state index in [1.165, 1.54) is 0 Å². The first-order valence-corrected chi connectivity index (χ1v) is 4.58. The van der Waals surface area contributed by atoms with E-state index < -0.39 is 0 Å². The van der Waals surface area contributed by atoms with Crippen LogP contribution in [0.5, 0.6) is 5.75 Å². The van der Waals surface area contributed by atoms with Crippen molar-refractivity contribution in [3.8, 4) is 5.75 Å². The Labute approximate surface area is 74.3 Å². The second-order valence-corrected chi connectivity index (χ2v) is 3.60. The summed E-state index contributed by atoms with van der Waals surface area (Å²) in [6, 6.07) is 5.64. The summed E-state index contributed by atoms with van der Waals surface area (Å²) < 4.78 is 1.09. The molecule has 0 aliphatic heterocycles. The van der Waals surface area contributed by atoms with Crippen LogP contribution in [0.15, 0.2) is 23.6 Å². The molecule has 2 aromatic rings. The fourth-order valence-electron chi connectivity index (χ4n) is 1.23. The Morgan fingerprint density at radius 3 is 3.00 bits per heavy atom. The Balaban J connectivity index is 2.75. The van der Waals surface area contributed by atoms with Gasteiger partial charge in [0.15, 0.2) is 0 Å². The fourth-order valence-corrected chi connectivity index (χ4v) is 2.10. The Morgan fingerprint density at radius 1 is 1.42 bits per heavy atom. The number of hydrogen-bond donors (Lipinski definition) is 2. The van der Waals surface area contributed by atoms with Crippen molar-refractivity contribution in [3.05, 3.63) is 29.1 Å². The number of nitrogens with two attached hydrogens (primary N) is 1. The van der Waals surface area contributed by atoms with E-state index in [9.17, 15) is 5.11 Å². The third-order valence-corrected chi connectivity index (χ3v) is 2.71. The van der Waals surface area contributed by atoms with Crippen LogP contribution in [0.2, 0.25) is 0 Å². The number of rotatable bonds is 1. The van der Waals surface area contributed by atoms with E-state index >= 15 is 0 Å². The molecule has 0 spiro atoms. The van der Waals surface area contributed by atoms with E-state index in [1.54, 1.807) is 17.4 Å². The Hall–Kier alpha value is -1.06. The zero-order chi connectivity index (χ0) is 8.55. The van der Waals surface area contributed by atoms with Crippen molar-refractivity contribution < 1.29 is 5.11 Å². The van der Waals surface area contributed by atoms with Crippen molar-refractivity contribution in [1.82, 2.24) is 0 Å². The maximum atomic E-state index is 9.52. The third kappa shape index (κ3) is 1.07. The predicted molar refractivity (Wildman–Crippen MR) is 51.4 cm³/mol. The molecule has 0 amide bonds. The van der Waals surface area contributed by atoms with Gasteiger partial charge < -0.3 is 10.8 Å². The van der Waals surface area contributed by atoms with Gasteiger partial charge in [0, 0.05) is 16.6 Å². The van der Waals surface area contributed by atoms with Crippen molar-refractivity contribution in [1.29, 1.82) is 0 Å². The van der Waals surface area contributed by atoms with E-state index in [2.05, 4.69) is 0 Å². The van der Waals surface area contributed by atoms with Gasteiger partial charge in [-0.25, -0.2) is 0 Å². The lowest BCUT2D eigenvalue weighted by Gasteiger charge is -1.99. The molecule has 0 aliphatic rings. The molecular formula is C9H9NOS. The first-order chi connectivity index (χ1) is 5.81. The molecule has 62 valence electrons. The molecule has 2 rings (SSSR count). The van der Waals surface area contributed by atoms with Crippen LogP contribution in [0, 0.1) is 0 Å². The fraction of sp³-hybridized carbons (Fsp3) is 0.111. The van der Waals surface area contributed by atoms with Gasteiger partial charge in [-0.2, -0.15) is 0 Å². The quantitative estimate of drug-likeness (QED) is 0.704. The van der Waals surface area contributed by atoms with Crippen LogP contribution in [-0.4, -0.2) is 5.11 Å². The lowest BCUT2D eigenvalue weighted by molar-refractivity contribution is 0.481. The zero-order valence-electron chi connectivity index (χ0n) is 6.45. The minimum absolute atomic E-state index is 0.328. The van der Waals surface area contributed by atoms with Gasteiger partial charge in [0.05, 0.1) is 0 Å². The van der Waals surface area contributed by atoms with Crippen LogP contribution >= 0.6 is 11.3 Å². The highest BCUT2D eigenvalue weighted by Crippen LogP contribution is 2.30. The van der Waals surface area contributed by atoms with Gasteiger partial charge >= 0.3 is 0 Å². The second kappa shape index (κ2) is 2.77. The number of aromatic hydroxyl groups is 1. The molecule has 3 N–H and O–H groups in total. The van der Waals surface area contributed by atoms with Gasteiger partial charge in [-0.15, -0.1) is 11.3 Å². The number of phenolic OH excluding ortho intramolecular Hbond substituents is 1. The minimum atomic E-state index is 0.328. The zero-order valence-corrected chi connectivity index (χ0v) is 7.27. The summed E-state index contributed by atoms with van der Waals surface area (Å²) in [7, 11) is 0. The average Bonchev–Trinajstić information content (AvgIpc) is 2.52. The van der Waals surface area contributed by atoms with Crippen LogP contribution in [-0.2, 0) is 6.54 Å². The second-order valence-electron chi connectivity index (χ2n) is 2.65. The van der Waals surface area contributed by atoms with E-state index in [0.29, 0.717) is 12.3 Å². The Morgan fingerprint density at radius 2 is 2.25 bits per heavy atom. The summed E-state index contributed by atoms with van der Waals surface area (Å²) in [6.45, 7) is 0.474. The maximum Gasteiger partial charge on any atom is 0.124 e. The molecule has 0 atom stereocenters. The van der Waals surface area contributed by atoms with Gasteiger partial charge in [-0.3, -0.25) is 0 Å². The lowest BCUT2D eigenvalue weighted by Crippen LogP contribution is -1.94. The minimum Gasteiger partial charge on any atom is -0.507 e. The maximum absolute atomic E-state index is 9.52. The van der Waals surface area contributed by atoms with E-state index in [0.717, 1.165) is 15.6 Å². The Kier molecular flexibility index (Phi) is 1.75.